The van der Waals surface area contributed by atoms with E-state index in [4.69, 9.17) is 4.74 Å². The molecule has 1 aliphatic carbocycles. The number of carboxylic acids is 1. The molecular formula is C23H25N2O4-. The van der Waals surface area contributed by atoms with Crippen molar-refractivity contribution < 1.29 is 19.4 Å². The molecule has 2 aromatic carbocycles. The molecule has 3 rings (SSSR count). The fourth-order valence-electron chi connectivity index (χ4n) is 3.19. The van der Waals surface area contributed by atoms with Gasteiger partial charge in [0, 0.05) is 11.5 Å². The van der Waals surface area contributed by atoms with Crippen LogP contribution in [0.1, 0.15) is 49.8 Å². The van der Waals surface area contributed by atoms with E-state index in [0.717, 1.165) is 6.42 Å². The molecule has 0 saturated heterocycles. The Bertz CT molecular complexity index is 913. The summed E-state index contributed by atoms with van der Waals surface area (Å²) in [5.41, 5.74) is 5.68. The minimum absolute atomic E-state index is 0.0859. The maximum atomic E-state index is 12.4. The predicted octanol–water partition coefficient (Wildman–Crippen LogP) is 2.37. The Morgan fingerprint density at radius 1 is 1.17 bits per heavy atom. The van der Waals surface area contributed by atoms with Crippen molar-refractivity contribution in [1.82, 2.24) is 5.43 Å². The number of aliphatic carboxylic acids is 1. The zero-order valence-corrected chi connectivity index (χ0v) is 16.8. The van der Waals surface area contributed by atoms with Crippen LogP contribution in [0.3, 0.4) is 0 Å². The summed E-state index contributed by atoms with van der Waals surface area (Å²) in [5.74, 6) is -0.937. The van der Waals surface area contributed by atoms with Gasteiger partial charge in [-0.25, -0.2) is 5.43 Å². The van der Waals surface area contributed by atoms with Gasteiger partial charge in [0.1, 0.15) is 12.4 Å². The number of nitrogens with zero attached hydrogens (tertiary/aromatic N) is 1. The molecule has 29 heavy (non-hydrogen) atoms. The maximum absolute atomic E-state index is 12.4. The highest BCUT2D eigenvalue weighted by molar-refractivity contribution is 5.87. The van der Waals surface area contributed by atoms with Crippen molar-refractivity contribution in [2.75, 3.05) is 6.61 Å². The minimum atomic E-state index is -1.31. The summed E-state index contributed by atoms with van der Waals surface area (Å²) in [7, 11) is 0. The van der Waals surface area contributed by atoms with E-state index in [9.17, 15) is 14.7 Å². The summed E-state index contributed by atoms with van der Waals surface area (Å²) in [6.45, 7) is 5.98. The summed E-state index contributed by atoms with van der Waals surface area (Å²) < 4.78 is 5.16. The van der Waals surface area contributed by atoms with Crippen LogP contribution in [0.25, 0.3) is 0 Å². The maximum Gasteiger partial charge on any atom is 0.243 e. The highest BCUT2D eigenvalue weighted by Gasteiger charge is 2.44. The lowest BCUT2D eigenvalue weighted by Gasteiger charge is -2.19. The van der Waals surface area contributed by atoms with Crippen molar-refractivity contribution in [3.63, 3.8) is 0 Å². The van der Waals surface area contributed by atoms with Crippen molar-refractivity contribution >= 4 is 18.1 Å². The van der Waals surface area contributed by atoms with Crippen LogP contribution >= 0.6 is 0 Å². The molecular weight excluding hydrogens is 368 g/mol. The summed E-state index contributed by atoms with van der Waals surface area (Å²) in [5, 5.41) is 14.6. The van der Waals surface area contributed by atoms with Crippen LogP contribution in [0.4, 0.5) is 0 Å². The fourth-order valence-corrected chi connectivity index (χ4v) is 3.19. The van der Waals surface area contributed by atoms with Crippen LogP contribution < -0.4 is 15.3 Å². The van der Waals surface area contributed by atoms with Gasteiger partial charge in [-0.05, 0) is 41.0 Å². The molecule has 0 spiro atoms. The topological polar surface area (TPSA) is 90.8 Å². The van der Waals surface area contributed by atoms with E-state index in [1.807, 2.05) is 0 Å². The molecule has 2 aromatic rings. The zero-order chi connectivity index (χ0) is 21.0. The van der Waals surface area contributed by atoms with Crippen molar-refractivity contribution in [2.24, 2.45) is 11.0 Å². The Balaban J connectivity index is 1.55. The summed E-state index contributed by atoms with van der Waals surface area (Å²) in [6.07, 6.45) is 2.25. The third-order valence-electron chi connectivity index (χ3n) is 4.97. The largest absolute Gasteiger partial charge is 0.546 e. The second-order valence-corrected chi connectivity index (χ2v) is 8.25. The number of hydrogen-bond donors (Lipinski definition) is 1. The number of carboxylic acid groups (broad SMARTS) is 1. The summed E-state index contributed by atoms with van der Waals surface area (Å²) >= 11 is 0. The van der Waals surface area contributed by atoms with Crippen LogP contribution in [0.2, 0.25) is 0 Å². The second-order valence-electron chi connectivity index (χ2n) is 8.25. The van der Waals surface area contributed by atoms with Gasteiger partial charge in [-0.1, -0.05) is 57.2 Å². The Morgan fingerprint density at radius 3 is 2.52 bits per heavy atom. The molecule has 0 unspecified atom stereocenters. The number of para-hydroxylation sites is 1. The monoisotopic (exact) mass is 393 g/mol. The van der Waals surface area contributed by atoms with Crippen LogP contribution in [0.5, 0.6) is 5.75 Å². The molecule has 2 atom stereocenters. The van der Waals surface area contributed by atoms with E-state index < -0.39 is 12.6 Å². The van der Waals surface area contributed by atoms with Gasteiger partial charge < -0.3 is 14.6 Å². The van der Waals surface area contributed by atoms with Gasteiger partial charge >= 0.3 is 0 Å². The highest BCUT2D eigenvalue weighted by Crippen LogP contribution is 2.47. The number of nitrogens with one attached hydrogen (secondary N) is 1. The average Bonchev–Trinajstić information content (AvgIpc) is 3.47. The van der Waals surface area contributed by atoms with Crippen LogP contribution in [0, 0.1) is 5.92 Å². The van der Waals surface area contributed by atoms with Gasteiger partial charge in [0.15, 0.2) is 0 Å². The molecule has 1 N–H and O–H groups in total. The number of hydrogen-bond acceptors (Lipinski definition) is 5. The third kappa shape index (κ3) is 5.44. The number of rotatable bonds is 7. The van der Waals surface area contributed by atoms with Gasteiger partial charge in [0.25, 0.3) is 0 Å². The SMILES string of the molecule is CC(C)(C)c1ccc([C@@H]2C[C@H]2C(=O)N/N=C/c2ccccc2OCC(=O)[O-])cc1. The number of carbonyl (C=O) groups excluding carboxylic acids is 2. The van der Waals surface area contributed by atoms with Crippen molar-refractivity contribution in [3.8, 4) is 5.75 Å². The number of amides is 1. The zero-order valence-electron chi connectivity index (χ0n) is 16.8. The molecule has 0 aromatic heterocycles. The first kappa shape index (κ1) is 20.6. The van der Waals surface area contributed by atoms with Crippen molar-refractivity contribution in [3.05, 3.63) is 65.2 Å². The number of carbonyl (C=O) groups is 2. The molecule has 0 heterocycles. The van der Waals surface area contributed by atoms with Crippen molar-refractivity contribution in [1.29, 1.82) is 0 Å². The molecule has 6 heteroatoms. The van der Waals surface area contributed by atoms with E-state index in [1.165, 1.54) is 17.3 Å². The molecule has 0 radical (unpaired) electrons. The normalized spacial score (nSPS) is 18.4. The standard InChI is InChI=1S/C23H26N2O4/c1-23(2,3)17-10-8-15(9-11-17)18-12-19(18)22(28)25-24-13-16-6-4-5-7-20(16)29-14-21(26)27/h4-11,13,18-19H,12,14H2,1-3H3,(H,25,28)(H,26,27)/p-1/b24-13+/t18-,19+/m0/s1. The second kappa shape index (κ2) is 8.47. The molecule has 1 amide bonds. The van der Waals surface area contributed by atoms with Gasteiger partial charge in [0.05, 0.1) is 12.2 Å². The van der Waals surface area contributed by atoms with Crippen LogP contribution in [0.15, 0.2) is 53.6 Å². The Hall–Kier alpha value is -3.15. The molecule has 1 fully saturated rings. The van der Waals surface area contributed by atoms with Crippen LogP contribution in [-0.2, 0) is 15.0 Å². The van der Waals surface area contributed by atoms with E-state index >= 15 is 0 Å². The third-order valence-corrected chi connectivity index (χ3v) is 4.97. The quantitative estimate of drug-likeness (QED) is 0.578. The lowest BCUT2D eigenvalue weighted by Crippen LogP contribution is -2.29. The van der Waals surface area contributed by atoms with Crippen molar-refractivity contribution in [2.45, 2.75) is 38.5 Å². The van der Waals surface area contributed by atoms with E-state index in [1.54, 1.807) is 24.3 Å². The molecule has 6 nitrogen and oxygen atoms in total. The molecule has 1 saturated carbocycles. The molecule has 152 valence electrons. The van der Waals surface area contributed by atoms with Gasteiger partial charge in [0.2, 0.25) is 5.91 Å². The number of hydrazone groups is 1. The minimum Gasteiger partial charge on any atom is -0.546 e. The van der Waals surface area contributed by atoms with Gasteiger partial charge in [-0.3, -0.25) is 4.79 Å². The summed E-state index contributed by atoms with van der Waals surface area (Å²) in [6, 6.07) is 15.3. The molecule has 1 aliphatic rings. The number of ether oxygens (including phenoxy) is 1. The van der Waals surface area contributed by atoms with Gasteiger partial charge in [-0.15, -0.1) is 0 Å². The van der Waals surface area contributed by atoms with Gasteiger partial charge in [-0.2, -0.15) is 5.10 Å². The van der Waals surface area contributed by atoms with E-state index in [0.29, 0.717) is 11.3 Å². The van der Waals surface area contributed by atoms with Crippen LogP contribution in [-0.4, -0.2) is 24.7 Å². The molecule has 0 bridgehead atoms. The molecule has 0 aliphatic heterocycles. The lowest BCUT2D eigenvalue weighted by atomic mass is 9.86. The van der Waals surface area contributed by atoms with E-state index in [-0.39, 0.29) is 23.2 Å². The Kier molecular flexibility index (Phi) is 6.01. The smallest absolute Gasteiger partial charge is 0.243 e. The lowest BCUT2D eigenvalue weighted by molar-refractivity contribution is -0.307. The Labute approximate surface area is 170 Å². The fraction of sp³-hybridized carbons (Fsp3) is 0.348. The Morgan fingerprint density at radius 2 is 1.86 bits per heavy atom. The predicted molar refractivity (Wildman–Crippen MR) is 109 cm³/mol. The summed E-state index contributed by atoms with van der Waals surface area (Å²) in [4.78, 5) is 22.9. The van der Waals surface area contributed by atoms with E-state index in [2.05, 4.69) is 55.6 Å². The first-order chi connectivity index (χ1) is 13.8. The highest BCUT2D eigenvalue weighted by atomic mass is 16.5. The first-order valence-electron chi connectivity index (χ1n) is 9.61. The average molecular weight is 393 g/mol. The number of benzene rings is 2. The first-order valence-corrected chi connectivity index (χ1v) is 9.61.